The van der Waals surface area contributed by atoms with Crippen LogP contribution < -0.4 is 0 Å². The Hall–Kier alpha value is -2.42. The predicted molar refractivity (Wildman–Crippen MR) is 116 cm³/mol. The number of hydrogen-bond donors (Lipinski definition) is 0. The minimum atomic E-state index is 1.02. The topological polar surface area (TPSA) is 0 Å². The Morgan fingerprint density at radius 3 is 1.89 bits per heavy atom. The van der Waals surface area contributed by atoms with Crippen LogP contribution in [0.4, 0.5) is 0 Å². The van der Waals surface area contributed by atoms with Gasteiger partial charge in [0.15, 0.2) is 0 Å². The lowest BCUT2D eigenvalue weighted by atomic mass is 10.1. The smallest absolute Gasteiger partial charge is 0.0303 e. The van der Waals surface area contributed by atoms with Gasteiger partial charge in [0.1, 0.15) is 0 Å². The summed E-state index contributed by atoms with van der Waals surface area (Å²) >= 11 is 3.75. The average molecular weight is 383 g/mol. The highest BCUT2D eigenvalue weighted by molar-refractivity contribution is 8.02. The van der Waals surface area contributed by atoms with Gasteiger partial charge in [-0.15, -0.1) is 0 Å². The number of benzene rings is 4. The molecule has 2 heteroatoms. The van der Waals surface area contributed by atoms with Crippen molar-refractivity contribution in [2.75, 3.05) is 0 Å². The molecule has 4 aromatic rings. The second-order valence-electron chi connectivity index (χ2n) is 6.58. The van der Waals surface area contributed by atoms with Crippen LogP contribution in [0, 0.1) is 0 Å². The summed E-state index contributed by atoms with van der Waals surface area (Å²) in [4.78, 5) is 5.30. The molecule has 4 aromatic carbocycles. The van der Waals surface area contributed by atoms with Crippen molar-refractivity contribution < 1.29 is 0 Å². The van der Waals surface area contributed by atoms with E-state index in [9.17, 15) is 0 Å². The molecule has 1 aliphatic carbocycles. The van der Waals surface area contributed by atoms with Gasteiger partial charge in [-0.05, 0) is 59.0 Å². The van der Waals surface area contributed by atoms with Crippen molar-refractivity contribution in [3.63, 3.8) is 0 Å². The maximum atomic E-state index is 2.31. The van der Waals surface area contributed by atoms with Gasteiger partial charge >= 0.3 is 0 Å². The van der Waals surface area contributed by atoms with Gasteiger partial charge < -0.3 is 0 Å². The Bertz CT molecular complexity index is 1090. The van der Waals surface area contributed by atoms with Gasteiger partial charge in [0.25, 0.3) is 0 Å². The van der Waals surface area contributed by atoms with E-state index in [1.165, 1.54) is 41.8 Å². The first kappa shape index (κ1) is 16.7. The second kappa shape index (κ2) is 7.30. The zero-order chi connectivity index (χ0) is 18.1. The molecule has 1 aliphatic rings. The summed E-state index contributed by atoms with van der Waals surface area (Å²) in [6.07, 6.45) is 1.02. The molecule has 0 aliphatic heterocycles. The van der Waals surface area contributed by atoms with Gasteiger partial charge in [-0.1, -0.05) is 90.3 Å². The van der Waals surface area contributed by atoms with Crippen molar-refractivity contribution in [2.45, 2.75) is 26.0 Å². The van der Waals surface area contributed by atoms with Crippen LogP contribution in [0.3, 0.4) is 0 Å². The highest BCUT2D eigenvalue weighted by Crippen LogP contribution is 2.48. The average Bonchev–Trinajstić information content (AvgIpc) is 3.10. The van der Waals surface area contributed by atoms with Gasteiger partial charge in [-0.2, -0.15) is 0 Å². The van der Waals surface area contributed by atoms with E-state index in [2.05, 4.69) is 97.1 Å². The monoisotopic (exact) mass is 382 g/mol. The predicted octanol–water partition coefficient (Wildman–Crippen LogP) is 7.56. The third-order valence-corrected chi connectivity index (χ3v) is 7.21. The van der Waals surface area contributed by atoms with E-state index in [1.54, 1.807) is 0 Å². The Labute approximate surface area is 168 Å². The lowest BCUT2D eigenvalue weighted by Gasteiger charge is -2.14. The van der Waals surface area contributed by atoms with Crippen LogP contribution in [-0.4, -0.2) is 0 Å². The summed E-state index contributed by atoms with van der Waals surface area (Å²) in [6, 6.07) is 34.8. The number of hydrogen-bond acceptors (Lipinski definition) is 2. The Kier molecular flexibility index (Phi) is 4.52. The van der Waals surface area contributed by atoms with Crippen molar-refractivity contribution in [3.8, 4) is 11.1 Å². The molecule has 0 amide bonds. The van der Waals surface area contributed by atoms with E-state index in [0.717, 1.165) is 6.42 Å². The summed E-state index contributed by atoms with van der Waals surface area (Å²) in [7, 11) is 0. The normalized spacial score (nSPS) is 11.9. The Balaban J connectivity index is 1.62. The molecule has 0 heterocycles. The Morgan fingerprint density at radius 1 is 0.519 bits per heavy atom. The summed E-state index contributed by atoms with van der Waals surface area (Å²) in [5, 5.41) is 0. The largest absolute Gasteiger partial charge is 0.0889 e. The van der Waals surface area contributed by atoms with Gasteiger partial charge in [-0.3, -0.25) is 0 Å². The van der Waals surface area contributed by atoms with Crippen LogP contribution in [0.5, 0.6) is 0 Å². The van der Waals surface area contributed by atoms with Gasteiger partial charge in [0, 0.05) is 19.6 Å². The van der Waals surface area contributed by atoms with Crippen molar-refractivity contribution in [3.05, 3.63) is 108 Å². The molecule has 0 saturated heterocycles. The van der Waals surface area contributed by atoms with Gasteiger partial charge in [0.2, 0.25) is 0 Å². The first-order chi connectivity index (χ1) is 13.4. The third kappa shape index (κ3) is 3.31. The van der Waals surface area contributed by atoms with Crippen LogP contribution in [0.1, 0.15) is 11.1 Å². The molecule has 0 N–H and O–H groups in total. The molecule has 0 radical (unpaired) electrons. The van der Waals surface area contributed by atoms with Crippen LogP contribution >= 0.6 is 23.5 Å². The maximum absolute atomic E-state index is 2.31. The summed E-state index contributed by atoms with van der Waals surface area (Å²) in [5.74, 6) is 0. The highest BCUT2D eigenvalue weighted by Gasteiger charge is 2.23. The van der Waals surface area contributed by atoms with Crippen molar-refractivity contribution in [1.29, 1.82) is 0 Å². The molecule has 0 fully saturated rings. The van der Waals surface area contributed by atoms with Crippen LogP contribution in [0.2, 0.25) is 0 Å². The van der Waals surface area contributed by atoms with E-state index >= 15 is 0 Å². The number of rotatable bonds is 4. The van der Waals surface area contributed by atoms with Gasteiger partial charge in [0.05, 0.1) is 0 Å². The van der Waals surface area contributed by atoms with Crippen LogP contribution in [-0.2, 0) is 6.42 Å². The zero-order valence-electron chi connectivity index (χ0n) is 14.8. The summed E-state index contributed by atoms with van der Waals surface area (Å²) in [6.45, 7) is 0. The first-order valence-electron chi connectivity index (χ1n) is 9.08. The number of fused-ring (bicyclic) bond motifs is 3. The minimum absolute atomic E-state index is 1.02. The molecule has 0 aromatic heterocycles. The van der Waals surface area contributed by atoms with Crippen molar-refractivity contribution >= 4 is 23.5 Å². The Morgan fingerprint density at radius 2 is 1.15 bits per heavy atom. The van der Waals surface area contributed by atoms with Gasteiger partial charge in [-0.25, -0.2) is 0 Å². The molecule has 0 atom stereocenters. The molecule has 0 nitrogen and oxygen atoms in total. The molecule has 0 bridgehead atoms. The fourth-order valence-corrected chi connectivity index (χ4v) is 5.73. The highest BCUT2D eigenvalue weighted by atomic mass is 32.2. The lowest BCUT2D eigenvalue weighted by molar-refractivity contribution is 1.11. The standard InChI is InChI=1S/C25H18S2/c1-3-10-19(11-4-1)26-24-16-15-22-21-14-8-7-9-18(21)17-23(22)25(24)27-20-12-5-2-6-13-20/h1-16H,17H2. The zero-order valence-corrected chi connectivity index (χ0v) is 16.4. The molecule has 130 valence electrons. The third-order valence-electron chi connectivity index (χ3n) is 4.83. The quantitative estimate of drug-likeness (QED) is 0.314. The van der Waals surface area contributed by atoms with Crippen molar-refractivity contribution in [1.82, 2.24) is 0 Å². The molecule has 0 unspecified atom stereocenters. The second-order valence-corrected chi connectivity index (χ2v) is 8.78. The van der Waals surface area contributed by atoms with E-state index in [1.807, 2.05) is 23.5 Å². The molecule has 0 saturated carbocycles. The molecular weight excluding hydrogens is 364 g/mol. The summed E-state index contributed by atoms with van der Waals surface area (Å²) in [5.41, 5.74) is 5.68. The molecular formula is C25H18S2. The molecule has 5 rings (SSSR count). The van der Waals surface area contributed by atoms with E-state index in [4.69, 9.17) is 0 Å². The SMILES string of the molecule is c1ccc(Sc2ccc3c(c2Sc2ccccc2)Cc2ccccc2-3)cc1. The minimum Gasteiger partial charge on any atom is -0.0889 e. The first-order valence-corrected chi connectivity index (χ1v) is 10.7. The fourth-order valence-electron chi connectivity index (χ4n) is 3.58. The van der Waals surface area contributed by atoms with E-state index in [-0.39, 0.29) is 0 Å². The summed E-state index contributed by atoms with van der Waals surface area (Å²) < 4.78 is 0. The lowest BCUT2D eigenvalue weighted by Crippen LogP contribution is -1.90. The van der Waals surface area contributed by atoms with Crippen molar-refractivity contribution in [2.24, 2.45) is 0 Å². The van der Waals surface area contributed by atoms with E-state index in [0.29, 0.717) is 0 Å². The molecule has 0 spiro atoms. The van der Waals surface area contributed by atoms with Crippen LogP contribution in [0.25, 0.3) is 11.1 Å². The maximum Gasteiger partial charge on any atom is 0.0303 e. The fraction of sp³-hybridized carbons (Fsp3) is 0.0400. The molecule has 27 heavy (non-hydrogen) atoms. The van der Waals surface area contributed by atoms with Crippen LogP contribution in [0.15, 0.2) is 117 Å². The van der Waals surface area contributed by atoms with E-state index < -0.39 is 0 Å².